The predicted molar refractivity (Wildman–Crippen MR) is 81.3 cm³/mol. The Bertz CT molecular complexity index is 367. The molecule has 2 atom stereocenters. The molecule has 0 aliphatic carbocycles. The molecule has 19 heavy (non-hydrogen) atoms. The molecule has 1 aromatic rings. The Labute approximate surface area is 120 Å². The molecule has 0 saturated carbocycles. The van der Waals surface area contributed by atoms with E-state index < -0.39 is 0 Å². The summed E-state index contributed by atoms with van der Waals surface area (Å²) in [4.78, 5) is 15.2. The SMILES string of the molecule is CCNC(=O)CN(CC)C(c1cccs1)C(N)CC. The lowest BCUT2D eigenvalue weighted by atomic mass is 10.0. The third-order valence-electron chi connectivity index (χ3n) is 3.23. The zero-order valence-electron chi connectivity index (χ0n) is 12.1. The van der Waals surface area contributed by atoms with E-state index >= 15 is 0 Å². The zero-order valence-corrected chi connectivity index (χ0v) is 12.9. The Kier molecular flexibility index (Phi) is 7.05. The number of hydrogen-bond donors (Lipinski definition) is 2. The minimum Gasteiger partial charge on any atom is -0.355 e. The maximum absolute atomic E-state index is 11.8. The maximum atomic E-state index is 11.8. The second kappa shape index (κ2) is 8.30. The van der Waals surface area contributed by atoms with Crippen LogP contribution >= 0.6 is 11.3 Å². The number of nitrogens with zero attached hydrogens (tertiary/aromatic N) is 1. The summed E-state index contributed by atoms with van der Waals surface area (Å²) in [7, 11) is 0. The molecular weight excluding hydrogens is 258 g/mol. The first-order valence-corrected chi connectivity index (χ1v) is 7.81. The van der Waals surface area contributed by atoms with Crippen molar-refractivity contribution in [2.75, 3.05) is 19.6 Å². The second-order valence-corrected chi connectivity index (χ2v) is 5.53. The number of carbonyl (C=O) groups excluding carboxylic acids is 1. The van der Waals surface area contributed by atoms with E-state index in [2.05, 4.69) is 35.5 Å². The van der Waals surface area contributed by atoms with Crippen molar-refractivity contribution in [3.8, 4) is 0 Å². The van der Waals surface area contributed by atoms with Gasteiger partial charge in [0.15, 0.2) is 0 Å². The zero-order chi connectivity index (χ0) is 14.3. The first-order chi connectivity index (χ1) is 9.13. The van der Waals surface area contributed by atoms with E-state index in [1.54, 1.807) is 11.3 Å². The van der Waals surface area contributed by atoms with Crippen molar-refractivity contribution in [1.29, 1.82) is 0 Å². The van der Waals surface area contributed by atoms with Crippen LogP contribution < -0.4 is 11.1 Å². The summed E-state index contributed by atoms with van der Waals surface area (Å²) in [6, 6.07) is 4.31. The monoisotopic (exact) mass is 283 g/mol. The highest BCUT2D eigenvalue weighted by Crippen LogP contribution is 2.28. The fourth-order valence-corrected chi connectivity index (χ4v) is 3.12. The Morgan fingerprint density at radius 3 is 2.68 bits per heavy atom. The molecule has 1 rings (SSSR count). The summed E-state index contributed by atoms with van der Waals surface area (Å²) in [6.07, 6.45) is 0.897. The smallest absolute Gasteiger partial charge is 0.234 e. The van der Waals surface area contributed by atoms with Crippen LogP contribution in [0.5, 0.6) is 0 Å². The number of amides is 1. The van der Waals surface area contributed by atoms with Crippen molar-refractivity contribution in [2.45, 2.75) is 39.3 Å². The molecule has 0 saturated heterocycles. The fourth-order valence-electron chi connectivity index (χ4n) is 2.19. The van der Waals surface area contributed by atoms with Gasteiger partial charge in [0.1, 0.15) is 0 Å². The molecule has 2 unspecified atom stereocenters. The molecule has 0 spiro atoms. The fraction of sp³-hybridized carbons (Fsp3) is 0.643. The van der Waals surface area contributed by atoms with Crippen molar-refractivity contribution in [1.82, 2.24) is 10.2 Å². The highest BCUT2D eigenvalue weighted by atomic mass is 32.1. The third kappa shape index (κ3) is 4.60. The van der Waals surface area contributed by atoms with E-state index in [1.165, 1.54) is 4.88 Å². The molecular formula is C14H25N3OS. The van der Waals surface area contributed by atoms with Crippen molar-refractivity contribution in [3.63, 3.8) is 0 Å². The van der Waals surface area contributed by atoms with Crippen LogP contribution in [-0.4, -0.2) is 36.5 Å². The van der Waals surface area contributed by atoms with Gasteiger partial charge in [-0.2, -0.15) is 0 Å². The normalized spacial score (nSPS) is 14.4. The van der Waals surface area contributed by atoms with Gasteiger partial charge in [-0.1, -0.05) is 19.9 Å². The highest BCUT2D eigenvalue weighted by Gasteiger charge is 2.26. The molecule has 1 heterocycles. The van der Waals surface area contributed by atoms with Crippen molar-refractivity contribution >= 4 is 17.2 Å². The summed E-state index contributed by atoms with van der Waals surface area (Å²) in [6.45, 7) is 7.98. The summed E-state index contributed by atoms with van der Waals surface area (Å²) < 4.78 is 0. The van der Waals surface area contributed by atoms with Gasteiger partial charge >= 0.3 is 0 Å². The van der Waals surface area contributed by atoms with Crippen LogP contribution in [0.25, 0.3) is 0 Å². The van der Waals surface area contributed by atoms with E-state index in [-0.39, 0.29) is 18.0 Å². The van der Waals surface area contributed by atoms with Crippen LogP contribution in [0.1, 0.15) is 38.1 Å². The average molecular weight is 283 g/mol. The Morgan fingerprint density at radius 1 is 1.47 bits per heavy atom. The van der Waals surface area contributed by atoms with Gasteiger partial charge in [0, 0.05) is 17.5 Å². The molecule has 108 valence electrons. The number of thiophene rings is 1. The van der Waals surface area contributed by atoms with Gasteiger partial charge in [0.25, 0.3) is 0 Å². The van der Waals surface area contributed by atoms with Crippen molar-refractivity contribution in [2.24, 2.45) is 5.73 Å². The van der Waals surface area contributed by atoms with Crippen LogP contribution in [0.15, 0.2) is 17.5 Å². The van der Waals surface area contributed by atoms with Gasteiger partial charge in [0.05, 0.1) is 12.6 Å². The molecule has 0 bridgehead atoms. The van der Waals surface area contributed by atoms with Gasteiger partial charge in [-0.25, -0.2) is 0 Å². The van der Waals surface area contributed by atoms with Crippen LogP contribution in [-0.2, 0) is 4.79 Å². The van der Waals surface area contributed by atoms with Crippen LogP contribution in [0.2, 0.25) is 0 Å². The minimum atomic E-state index is 0.0491. The summed E-state index contributed by atoms with van der Waals surface area (Å²) in [5.74, 6) is 0.0641. The van der Waals surface area contributed by atoms with E-state index in [9.17, 15) is 4.79 Å². The first-order valence-electron chi connectivity index (χ1n) is 6.93. The molecule has 5 heteroatoms. The summed E-state index contributed by atoms with van der Waals surface area (Å²) in [5.41, 5.74) is 6.27. The first kappa shape index (κ1) is 16.1. The molecule has 1 amide bonds. The standard InChI is InChI=1S/C14H25N3OS/c1-4-11(15)14(12-8-7-9-19-12)17(6-3)10-13(18)16-5-2/h7-9,11,14H,4-6,10,15H2,1-3H3,(H,16,18). The Morgan fingerprint density at radius 2 is 2.21 bits per heavy atom. The number of nitrogens with one attached hydrogen (secondary N) is 1. The lowest BCUT2D eigenvalue weighted by Gasteiger charge is -2.33. The lowest BCUT2D eigenvalue weighted by molar-refractivity contribution is -0.122. The maximum Gasteiger partial charge on any atom is 0.234 e. The van der Waals surface area contributed by atoms with Crippen LogP contribution in [0, 0.1) is 0 Å². The third-order valence-corrected chi connectivity index (χ3v) is 4.17. The number of hydrogen-bond acceptors (Lipinski definition) is 4. The molecule has 0 aliphatic heterocycles. The molecule has 1 aromatic heterocycles. The largest absolute Gasteiger partial charge is 0.355 e. The van der Waals surface area contributed by atoms with Crippen molar-refractivity contribution < 1.29 is 4.79 Å². The van der Waals surface area contributed by atoms with Gasteiger partial charge in [-0.05, 0) is 31.3 Å². The lowest BCUT2D eigenvalue weighted by Crippen LogP contribution is -2.45. The summed E-state index contributed by atoms with van der Waals surface area (Å²) >= 11 is 1.71. The second-order valence-electron chi connectivity index (χ2n) is 4.55. The van der Waals surface area contributed by atoms with Gasteiger partial charge in [0.2, 0.25) is 5.91 Å². The quantitative estimate of drug-likeness (QED) is 0.767. The van der Waals surface area contributed by atoms with E-state index in [0.717, 1.165) is 13.0 Å². The molecule has 0 radical (unpaired) electrons. The number of nitrogens with two attached hydrogens (primary N) is 1. The Balaban J connectivity index is 2.84. The van der Waals surface area contributed by atoms with Gasteiger partial charge in [-0.3, -0.25) is 9.69 Å². The Hall–Kier alpha value is -0.910. The molecule has 0 aliphatic rings. The van der Waals surface area contributed by atoms with E-state index in [4.69, 9.17) is 5.73 Å². The average Bonchev–Trinajstić information content (AvgIpc) is 2.91. The minimum absolute atomic E-state index is 0.0491. The molecule has 0 fully saturated rings. The van der Waals surface area contributed by atoms with Crippen LogP contribution in [0.4, 0.5) is 0 Å². The number of likely N-dealkylation sites (N-methyl/N-ethyl adjacent to an activating group) is 2. The predicted octanol–water partition coefficient (Wildman–Crippen LogP) is 1.98. The van der Waals surface area contributed by atoms with Crippen molar-refractivity contribution in [3.05, 3.63) is 22.4 Å². The topological polar surface area (TPSA) is 58.4 Å². The molecule has 3 N–H and O–H groups in total. The number of rotatable bonds is 8. The molecule has 4 nitrogen and oxygen atoms in total. The van der Waals surface area contributed by atoms with Gasteiger partial charge in [-0.15, -0.1) is 11.3 Å². The summed E-state index contributed by atoms with van der Waals surface area (Å²) in [5, 5.41) is 4.91. The molecule has 0 aromatic carbocycles. The van der Waals surface area contributed by atoms with Crippen LogP contribution in [0.3, 0.4) is 0 Å². The highest BCUT2D eigenvalue weighted by molar-refractivity contribution is 7.10. The van der Waals surface area contributed by atoms with E-state index in [1.807, 2.05) is 13.0 Å². The van der Waals surface area contributed by atoms with E-state index in [0.29, 0.717) is 13.1 Å². The number of carbonyl (C=O) groups is 1. The van der Waals surface area contributed by atoms with Gasteiger partial charge < -0.3 is 11.1 Å².